The Morgan fingerprint density at radius 3 is 2.32 bits per heavy atom. The molecule has 2 fully saturated rings. The fourth-order valence-electron chi connectivity index (χ4n) is 4.62. The van der Waals surface area contributed by atoms with Crippen LogP contribution in [0.2, 0.25) is 0 Å². The average Bonchev–Trinajstić information content (AvgIpc) is 2.78. The first-order valence-electron chi connectivity index (χ1n) is 9.21. The first-order chi connectivity index (χ1) is 11.5. The van der Waals surface area contributed by atoms with Crippen molar-refractivity contribution in [2.24, 2.45) is 10.8 Å². The molecule has 0 radical (unpaired) electrons. The number of piperidine rings is 1. The van der Waals surface area contributed by atoms with Gasteiger partial charge in [0, 0.05) is 5.41 Å². The molecule has 2 heterocycles. The molecule has 0 unspecified atom stereocenters. The van der Waals surface area contributed by atoms with Crippen LogP contribution < -0.4 is 0 Å². The molecule has 0 N–H and O–H groups in total. The zero-order valence-electron chi connectivity index (χ0n) is 16.4. The van der Waals surface area contributed by atoms with Gasteiger partial charge in [0.15, 0.2) is 0 Å². The van der Waals surface area contributed by atoms with Crippen LogP contribution in [0.1, 0.15) is 66.0 Å². The summed E-state index contributed by atoms with van der Waals surface area (Å²) in [6.07, 6.45) is 4.03. The Hall–Kier alpha value is -1.19. The highest BCUT2D eigenvalue weighted by molar-refractivity contribution is 7.80. The lowest BCUT2D eigenvalue weighted by atomic mass is 9.61. The van der Waals surface area contributed by atoms with E-state index >= 15 is 0 Å². The van der Waals surface area contributed by atoms with Crippen LogP contribution in [0.15, 0.2) is 43.0 Å². The lowest BCUT2D eigenvalue weighted by Crippen LogP contribution is -2.59. The normalized spacial score (nSPS) is 34.7. The van der Waals surface area contributed by atoms with E-state index in [0.29, 0.717) is 0 Å². The van der Waals surface area contributed by atoms with Crippen LogP contribution in [0, 0.1) is 10.8 Å². The number of ether oxygens (including phenoxy) is 1. The van der Waals surface area contributed by atoms with Crippen LogP contribution >= 0.6 is 12.2 Å². The van der Waals surface area contributed by atoms with Crippen LogP contribution in [0.5, 0.6) is 0 Å². The molecule has 1 aromatic carbocycles. The molecule has 0 aromatic heterocycles. The van der Waals surface area contributed by atoms with E-state index in [1.54, 1.807) is 0 Å². The lowest BCUT2D eigenvalue weighted by Gasteiger charge is -2.55. The third-order valence-electron chi connectivity index (χ3n) is 6.74. The maximum absolute atomic E-state index is 6.63. The van der Waals surface area contributed by atoms with Crippen LogP contribution in [-0.4, -0.2) is 21.2 Å². The number of nitrogens with zero attached hydrogens (tertiary/aromatic N) is 1. The predicted octanol–water partition coefficient (Wildman–Crippen LogP) is 5.89. The molecule has 0 aliphatic carbocycles. The Bertz CT molecular complexity index is 695. The van der Waals surface area contributed by atoms with Crippen molar-refractivity contribution in [1.29, 1.82) is 0 Å². The van der Waals surface area contributed by atoms with Crippen LogP contribution in [0.25, 0.3) is 0 Å². The second-order valence-corrected chi connectivity index (χ2v) is 9.51. The van der Waals surface area contributed by atoms with E-state index in [1.807, 2.05) is 0 Å². The summed E-state index contributed by atoms with van der Waals surface area (Å²) in [5.74, 6) is 0. The summed E-state index contributed by atoms with van der Waals surface area (Å²) in [7, 11) is 0. The Kier molecular flexibility index (Phi) is 4.21. The molecule has 2 aliphatic heterocycles. The predicted molar refractivity (Wildman–Crippen MR) is 109 cm³/mol. The molecule has 25 heavy (non-hydrogen) atoms. The molecule has 2 saturated heterocycles. The van der Waals surface area contributed by atoms with E-state index < -0.39 is 0 Å². The number of hydrogen-bond donors (Lipinski definition) is 0. The van der Waals surface area contributed by atoms with Gasteiger partial charge in [-0.2, -0.15) is 0 Å². The van der Waals surface area contributed by atoms with Gasteiger partial charge in [-0.05, 0) is 44.6 Å². The topological polar surface area (TPSA) is 12.5 Å². The molecule has 136 valence electrons. The number of allylic oxidation sites excluding steroid dienone is 1. The highest BCUT2D eigenvalue weighted by atomic mass is 32.1. The van der Waals surface area contributed by atoms with Crippen LogP contribution in [0.3, 0.4) is 0 Å². The van der Waals surface area contributed by atoms with E-state index in [-0.39, 0.29) is 28.2 Å². The fourth-order valence-corrected chi connectivity index (χ4v) is 5.29. The van der Waals surface area contributed by atoms with Crippen LogP contribution in [0.4, 0.5) is 0 Å². The van der Waals surface area contributed by atoms with Crippen molar-refractivity contribution in [3.05, 3.63) is 48.6 Å². The minimum atomic E-state index is -0.349. The summed E-state index contributed by atoms with van der Waals surface area (Å²) in [6.45, 7) is 17.4. The van der Waals surface area contributed by atoms with Gasteiger partial charge >= 0.3 is 0 Å². The molecule has 2 aliphatic rings. The summed E-state index contributed by atoms with van der Waals surface area (Å²) >= 11 is 6.14. The van der Waals surface area contributed by atoms with Crippen LogP contribution in [-0.2, 0) is 4.74 Å². The number of rotatable bonds is 3. The highest BCUT2D eigenvalue weighted by Gasteiger charge is 2.62. The van der Waals surface area contributed by atoms with Gasteiger partial charge < -0.3 is 9.64 Å². The largest absolute Gasteiger partial charge is 0.348 e. The van der Waals surface area contributed by atoms with Crippen molar-refractivity contribution in [2.75, 3.05) is 0 Å². The number of hydrogen-bond acceptors (Lipinski definition) is 2. The molecule has 1 aromatic rings. The Balaban J connectivity index is 2.13. The summed E-state index contributed by atoms with van der Waals surface area (Å²) < 4.78 is 6.63. The lowest BCUT2D eigenvalue weighted by molar-refractivity contribution is -0.122. The number of fused-ring (bicyclic) bond motifs is 1. The van der Waals surface area contributed by atoms with Crippen molar-refractivity contribution < 1.29 is 4.74 Å². The third-order valence-corrected chi connectivity index (χ3v) is 7.38. The zero-order valence-corrected chi connectivity index (χ0v) is 17.2. The molecule has 0 saturated carbocycles. The van der Waals surface area contributed by atoms with E-state index in [2.05, 4.69) is 89.4 Å². The van der Waals surface area contributed by atoms with E-state index in [9.17, 15) is 0 Å². The standard InChI is InChI=1S/C22H31NOS/c1-8-19(2,3)21(6)14-15-22(7)23(18(21)25)17(20(4,5)24-22)16-12-10-9-11-13-16/h8-13,17H,1,14-15H2,2-7H3/t17-,21+,22+/m0/s1. The molecular formula is C22H31NOS. The Morgan fingerprint density at radius 2 is 1.76 bits per heavy atom. The molecule has 3 atom stereocenters. The quantitative estimate of drug-likeness (QED) is 0.494. The minimum Gasteiger partial charge on any atom is -0.348 e. The first kappa shape index (κ1) is 18.6. The molecule has 3 heteroatoms. The third kappa shape index (κ3) is 2.59. The smallest absolute Gasteiger partial charge is 0.140 e. The summed E-state index contributed by atoms with van der Waals surface area (Å²) in [4.78, 5) is 3.40. The van der Waals surface area contributed by atoms with Crippen molar-refractivity contribution in [2.45, 2.75) is 71.8 Å². The zero-order chi connectivity index (χ0) is 18.7. The van der Waals surface area contributed by atoms with Crippen molar-refractivity contribution in [3.8, 4) is 0 Å². The molecule has 3 rings (SSSR count). The second-order valence-electron chi connectivity index (χ2n) is 9.13. The maximum atomic E-state index is 6.63. The van der Waals surface area contributed by atoms with Crippen molar-refractivity contribution >= 4 is 17.2 Å². The van der Waals surface area contributed by atoms with Gasteiger partial charge in [0.05, 0.1) is 16.6 Å². The SMILES string of the molecule is C=CC(C)(C)[C@]1(C)CC[C@@]2(C)OC(C)(C)[C@H](c3ccccc3)N2C1=S. The summed E-state index contributed by atoms with van der Waals surface area (Å²) in [5.41, 5.74) is 0.431. The van der Waals surface area contributed by atoms with Gasteiger partial charge in [-0.25, -0.2) is 0 Å². The number of benzene rings is 1. The fraction of sp³-hybridized carbons (Fsp3) is 0.591. The van der Waals surface area contributed by atoms with E-state index in [4.69, 9.17) is 17.0 Å². The summed E-state index contributed by atoms with van der Waals surface area (Å²) in [6, 6.07) is 10.8. The van der Waals surface area contributed by atoms with Gasteiger partial charge in [-0.1, -0.05) is 69.4 Å². The van der Waals surface area contributed by atoms with Crippen molar-refractivity contribution in [1.82, 2.24) is 4.90 Å². The van der Waals surface area contributed by atoms with Crippen molar-refractivity contribution in [3.63, 3.8) is 0 Å². The van der Waals surface area contributed by atoms with Gasteiger partial charge in [0.25, 0.3) is 0 Å². The van der Waals surface area contributed by atoms with Gasteiger partial charge in [-0.3, -0.25) is 0 Å². The van der Waals surface area contributed by atoms with Gasteiger partial charge in [-0.15, -0.1) is 6.58 Å². The molecule has 0 amide bonds. The molecule has 0 spiro atoms. The summed E-state index contributed by atoms with van der Waals surface area (Å²) in [5, 5.41) is 0. The minimum absolute atomic E-state index is 0.0701. The highest BCUT2D eigenvalue weighted by Crippen LogP contribution is 2.59. The monoisotopic (exact) mass is 357 g/mol. The second kappa shape index (κ2) is 5.65. The van der Waals surface area contributed by atoms with E-state index in [1.165, 1.54) is 5.56 Å². The molecule has 0 bridgehead atoms. The Morgan fingerprint density at radius 1 is 1.16 bits per heavy atom. The average molecular weight is 358 g/mol. The molecule has 2 nitrogen and oxygen atoms in total. The number of thiocarbonyl (C=S) groups is 1. The Labute approximate surface area is 158 Å². The molecular weight excluding hydrogens is 326 g/mol. The maximum Gasteiger partial charge on any atom is 0.140 e. The van der Waals surface area contributed by atoms with Gasteiger partial charge in [0.2, 0.25) is 0 Å². The van der Waals surface area contributed by atoms with Gasteiger partial charge in [0.1, 0.15) is 5.72 Å². The van der Waals surface area contributed by atoms with E-state index in [0.717, 1.165) is 17.8 Å². The first-order valence-corrected chi connectivity index (χ1v) is 9.62.